The van der Waals surface area contributed by atoms with Crippen LogP contribution < -0.4 is 11.3 Å². The van der Waals surface area contributed by atoms with Crippen LogP contribution in [0, 0.1) is 18.8 Å². The molecule has 0 spiro atoms. The highest BCUT2D eigenvalue weighted by Crippen LogP contribution is 2.25. The van der Waals surface area contributed by atoms with Crippen molar-refractivity contribution in [1.29, 1.82) is 0 Å². The molecule has 3 N–H and O–H groups in total. The Balaban J connectivity index is 2.76. The lowest BCUT2D eigenvalue weighted by Crippen LogP contribution is -2.27. The molecule has 0 aliphatic heterocycles. The Morgan fingerprint density at radius 3 is 2.92 bits per heavy atom. The first-order valence-electron chi connectivity index (χ1n) is 4.19. The summed E-state index contributed by atoms with van der Waals surface area (Å²) < 4.78 is 0. The summed E-state index contributed by atoms with van der Waals surface area (Å²) in [5.41, 5.74) is 4.07. The van der Waals surface area contributed by atoms with Crippen LogP contribution in [0.25, 0.3) is 0 Å². The number of hydrogen-bond donors (Lipinski definition) is 2. The minimum absolute atomic E-state index is 0.174. The van der Waals surface area contributed by atoms with E-state index in [0.29, 0.717) is 0 Å². The van der Waals surface area contributed by atoms with Gasteiger partial charge in [0.25, 0.3) is 0 Å². The second-order valence-corrected chi connectivity index (χ2v) is 3.77. The zero-order chi connectivity index (χ0) is 9.68. The Morgan fingerprint density at radius 1 is 1.69 bits per heavy atom. The van der Waals surface area contributed by atoms with Crippen molar-refractivity contribution in [3.8, 4) is 11.8 Å². The minimum Gasteiger partial charge on any atom is -0.271 e. The van der Waals surface area contributed by atoms with Crippen LogP contribution in [0.15, 0.2) is 11.4 Å². The molecule has 2 nitrogen and oxygen atoms in total. The monoisotopic (exact) mass is 194 g/mol. The first-order chi connectivity index (χ1) is 6.29. The molecule has 0 aromatic carbocycles. The molecule has 0 aliphatic rings. The van der Waals surface area contributed by atoms with Crippen molar-refractivity contribution < 1.29 is 0 Å². The summed E-state index contributed by atoms with van der Waals surface area (Å²) >= 11 is 1.72. The number of hydrogen-bond acceptors (Lipinski definition) is 3. The van der Waals surface area contributed by atoms with Gasteiger partial charge in [-0.25, -0.2) is 0 Å². The zero-order valence-corrected chi connectivity index (χ0v) is 8.74. The summed E-state index contributed by atoms with van der Waals surface area (Å²) in [6, 6.07) is 2.27. The van der Waals surface area contributed by atoms with Crippen LogP contribution in [0.2, 0.25) is 0 Å². The van der Waals surface area contributed by atoms with Crippen molar-refractivity contribution >= 4 is 11.3 Å². The van der Waals surface area contributed by atoms with Gasteiger partial charge in [0, 0.05) is 11.3 Å². The fraction of sp³-hybridized carbons (Fsp3) is 0.400. The SMILES string of the molecule is CC#CCC(NN)c1sccc1C. The van der Waals surface area contributed by atoms with Crippen LogP contribution in [0.5, 0.6) is 0 Å². The minimum atomic E-state index is 0.174. The summed E-state index contributed by atoms with van der Waals surface area (Å²) in [6.45, 7) is 3.93. The molecular formula is C10H14N2S. The summed E-state index contributed by atoms with van der Waals surface area (Å²) in [7, 11) is 0. The molecule has 0 radical (unpaired) electrons. The Morgan fingerprint density at radius 2 is 2.46 bits per heavy atom. The molecule has 1 atom stereocenters. The third kappa shape index (κ3) is 2.56. The average molecular weight is 194 g/mol. The second kappa shape index (κ2) is 5.03. The van der Waals surface area contributed by atoms with E-state index in [1.807, 2.05) is 6.92 Å². The summed E-state index contributed by atoms with van der Waals surface area (Å²) in [6.07, 6.45) is 0.772. The lowest BCUT2D eigenvalue weighted by molar-refractivity contribution is 0.574. The third-order valence-corrected chi connectivity index (χ3v) is 3.03. The number of thiophene rings is 1. The van der Waals surface area contributed by atoms with E-state index < -0.39 is 0 Å². The van der Waals surface area contributed by atoms with E-state index in [0.717, 1.165) is 6.42 Å². The van der Waals surface area contributed by atoms with Crippen LogP contribution in [0.4, 0.5) is 0 Å². The molecule has 1 aromatic rings. The Bertz CT molecular complexity index is 319. The Hall–Kier alpha value is -0.820. The van der Waals surface area contributed by atoms with E-state index in [4.69, 9.17) is 5.84 Å². The molecule has 1 aromatic heterocycles. The highest BCUT2D eigenvalue weighted by atomic mass is 32.1. The van der Waals surface area contributed by atoms with Gasteiger partial charge in [-0.1, -0.05) is 0 Å². The molecule has 1 rings (SSSR count). The highest BCUT2D eigenvalue weighted by molar-refractivity contribution is 7.10. The molecule has 0 saturated heterocycles. The van der Waals surface area contributed by atoms with Gasteiger partial charge in [0.2, 0.25) is 0 Å². The van der Waals surface area contributed by atoms with Crippen LogP contribution in [-0.2, 0) is 0 Å². The predicted molar refractivity (Wildman–Crippen MR) is 57.2 cm³/mol. The van der Waals surface area contributed by atoms with E-state index >= 15 is 0 Å². The van der Waals surface area contributed by atoms with Crippen molar-refractivity contribution in [2.24, 2.45) is 5.84 Å². The van der Waals surface area contributed by atoms with E-state index in [-0.39, 0.29) is 6.04 Å². The fourth-order valence-electron chi connectivity index (χ4n) is 1.17. The number of nitrogens with two attached hydrogens (primary N) is 1. The maximum absolute atomic E-state index is 5.46. The van der Waals surface area contributed by atoms with Crippen molar-refractivity contribution in [3.63, 3.8) is 0 Å². The summed E-state index contributed by atoms with van der Waals surface area (Å²) in [5, 5.41) is 2.08. The van der Waals surface area contributed by atoms with Gasteiger partial charge in [-0.15, -0.1) is 23.2 Å². The third-order valence-electron chi connectivity index (χ3n) is 1.90. The summed E-state index contributed by atoms with van der Waals surface area (Å²) in [5.74, 6) is 11.4. The first kappa shape index (κ1) is 10.3. The van der Waals surface area contributed by atoms with Gasteiger partial charge >= 0.3 is 0 Å². The van der Waals surface area contributed by atoms with Crippen molar-refractivity contribution in [1.82, 2.24) is 5.43 Å². The van der Waals surface area contributed by atoms with Crippen LogP contribution in [0.1, 0.15) is 29.8 Å². The second-order valence-electron chi connectivity index (χ2n) is 2.82. The molecule has 70 valence electrons. The van der Waals surface area contributed by atoms with Gasteiger partial charge < -0.3 is 0 Å². The molecule has 3 heteroatoms. The zero-order valence-electron chi connectivity index (χ0n) is 7.92. The first-order valence-corrected chi connectivity index (χ1v) is 5.07. The number of hydrazine groups is 1. The molecule has 13 heavy (non-hydrogen) atoms. The number of nitrogens with one attached hydrogen (secondary N) is 1. The molecule has 0 bridgehead atoms. The Labute approximate surface area is 83.1 Å². The molecular weight excluding hydrogens is 180 g/mol. The topological polar surface area (TPSA) is 38.0 Å². The fourth-order valence-corrected chi connectivity index (χ4v) is 2.16. The Kier molecular flexibility index (Phi) is 3.97. The lowest BCUT2D eigenvalue weighted by atomic mass is 10.1. The van der Waals surface area contributed by atoms with Crippen LogP contribution in [-0.4, -0.2) is 0 Å². The van der Waals surface area contributed by atoms with E-state index in [1.165, 1.54) is 10.4 Å². The van der Waals surface area contributed by atoms with Crippen molar-refractivity contribution in [3.05, 3.63) is 21.9 Å². The van der Waals surface area contributed by atoms with E-state index in [1.54, 1.807) is 11.3 Å². The van der Waals surface area contributed by atoms with Crippen molar-refractivity contribution in [2.75, 3.05) is 0 Å². The predicted octanol–water partition coefficient (Wildman–Crippen LogP) is 1.97. The molecule has 0 aliphatic carbocycles. The van der Waals surface area contributed by atoms with Gasteiger partial charge in [0.05, 0.1) is 6.04 Å². The van der Waals surface area contributed by atoms with Gasteiger partial charge in [-0.05, 0) is 30.9 Å². The maximum atomic E-state index is 5.46. The lowest BCUT2D eigenvalue weighted by Gasteiger charge is -2.11. The highest BCUT2D eigenvalue weighted by Gasteiger charge is 2.11. The molecule has 0 saturated carbocycles. The normalized spacial score (nSPS) is 11.9. The standard InChI is InChI=1S/C10H14N2S/c1-3-4-5-9(12-11)10-8(2)6-7-13-10/h6-7,9,12H,5,11H2,1-2H3. The number of aryl methyl sites for hydroxylation is 1. The maximum Gasteiger partial charge on any atom is 0.0664 e. The van der Waals surface area contributed by atoms with E-state index in [9.17, 15) is 0 Å². The number of rotatable bonds is 3. The molecule has 0 fully saturated rings. The van der Waals surface area contributed by atoms with Crippen molar-refractivity contribution in [2.45, 2.75) is 26.3 Å². The van der Waals surface area contributed by atoms with Crippen LogP contribution in [0.3, 0.4) is 0 Å². The largest absolute Gasteiger partial charge is 0.271 e. The van der Waals surface area contributed by atoms with E-state index in [2.05, 4.69) is 35.6 Å². The smallest absolute Gasteiger partial charge is 0.0664 e. The molecule has 1 heterocycles. The molecule has 0 amide bonds. The summed E-state index contributed by atoms with van der Waals surface area (Å²) in [4.78, 5) is 1.28. The van der Waals surface area contributed by atoms with Gasteiger partial charge in [0.1, 0.15) is 0 Å². The van der Waals surface area contributed by atoms with Crippen LogP contribution >= 0.6 is 11.3 Å². The quantitative estimate of drug-likeness (QED) is 0.438. The molecule has 1 unspecified atom stereocenters. The van der Waals surface area contributed by atoms with Gasteiger partial charge in [-0.3, -0.25) is 11.3 Å². The average Bonchev–Trinajstić information content (AvgIpc) is 2.54. The van der Waals surface area contributed by atoms with Gasteiger partial charge in [-0.2, -0.15) is 0 Å². The van der Waals surface area contributed by atoms with Gasteiger partial charge in [0.15, 0.2) is 0 Å².